The molecule has 2 fully saturated rings. The molecule has 0 amide bonds. The molecule has 0 aliphatic heterocycles. The summed E-state index contributed by atoms with van der Waals surface area (Å²) < 4.78 is 0. The van der Waals surface area contributed by atoms with Crippen molar-refractivity contribution in [2.75, 3.05) is 0 Å². The van der Waals surface area contributed by atoms with E-state index in [4.69, 9.17) is 9.78 Å². The molecule has 0 aromatic heterocycles. The van der Waals surface area contributed by atoms with Crippen LogP contribution >= 0.6 is 0 Å². The maximum atomic E-state index is 13.3. The predicted molar refractivity (Wildman–Crippen MR) is 149 cm³/mol. The van der Waals surface area contributed by atoms with Gasteiger partial charge in [-0.1, -0.05) is 117 Å². The van der Waals surface area contributed by atoms with Crippen molar-refractivity contribution in [2.45, 2.75) is 168 Å². The van der Waals surface area contributed by atoms with E-state index < -0.39 is 22.8 Å². The zero-order chi connectivity index (χ0) is 27.7. The third kappa shape index (κ3) is 9.48. The van der Waals surface area contributed by atoms with Gasteiger partial charge in [0.05, 0.1) is 0 Å². The zero-order valence-corrected chi connectivity index (χ0v) is 24.4. The Kier molecular flexibility index (Phi) is 15.2. The Balaban J connectivity index is 1.95. The molecule has 0 spiro atoms. The van der Waals surface area contributed by atoms with Gasteiger partial charge in [-0.25, -0.2) is 19.4 Å². The average Bonchev–Trinajstić information content (AvgIpc) is 2.95. The lowest BCUT2D eigenvalue weighted by Gasteiger charge is -2.34. The Morgan fingerprint density at radius 3 is 1.13 bits per heavy atom. The predicted octanol–water partition coefficient (Wildman–Crippen LogP) is 8.53. The summed E-state index contributed by atoms with van der Waals surface area (Å²) in [6, 6.07) is 0. The minimum Gasteiger partial charge on any atom is -0.298 e. The van der Waals surface area contributed by atoms with E-state index in [9.17, 15) is 19.2 Å². The largest absolute Gasteiger partial charge is 0.369 e. The molecule has 218 valence electrons. The molecule has 0 bridgehead atoms. The second kappa shape index (κ2) is 17.8. The normalized spacial score (nSPS) is 18.5. The molecule has 0 radical (unpaired) electrons. The monoisotopic (exact) mass is 534 g/mol. The SMILES string of the molecule is CCCCCCCCC(=O)C1(C(=O)OOC(=O)C2(C(=O)CCCCCCCC)CCCCC2)CCCCC1. The van der Waals surface area contributed by atoms with Crippen LogP contribution in [0.1, 0.15) is 168 Å². The molecule has 0 atom stereocenters. The van der Waals surface area contributed by atoms with Gasteiger partial charge in [-0.15, -0.1) is 0 Å². The molecule has 0 heterocycles. The quantitative estimate of drug-likeness (QED) is 0.0758. The molecule has 2 rings (SSSR count). The first-order valence-corrected chi connectivity index (χ1v) is 15.9. The topological polar surface area (TPSA) is 86.7 Å². The van der Waals surface area contributed by atoms with Crippen molar-refractivity contribution < 1.29 is 29.0 Å². The van der Waals surface area contributed by atoms with Crippen molar-refractivity contribution >= 4 is 23.5 Å². The number of hydrogen-bond donors (Lipinski definition) is 0. The summed E-state index contributed by atoms with van der Waals surface area (Å²) in [4.78, 5) is 63.5. The van der Waals surface area contributed by atoms with E-state index in [0.717, 1.165) is 77.0 Å². The minimum absolute atomic E-state index is 0.0831. The minimum atomic E-state index is -1.22. The summed E-state index contributed by atoms with van der Waals surface area (Å²) in [7, 11) is 0. The van der Waals surface area contributed by atoms with Gasteiger partial charge in [0, 0.05) is 12.8 Å². The van der Waals surface area contributed by atoms with E-state index >= 15 is 0 Å². The lowest BCUT2D eigenvalue weighted by molar-refractivity contribution is -0.273. The van der Waals surface area contributed by atoms with Gasteiger partial charge in [0.15, 0.2) is 0 Å². The average molecular weight is 535 g/mol. The summed E-state index contributed by atoms with van der Waals surface area (Å²) in [5.41, 5.74) is -2.44. The molecule has 0 aromatic rings. The van der Waals surface area contributed by atoms with Gasteiger partial charge in [0.2, 0.25) is 0 Å². The molecule has 6 nitrogen and oxygen atoms in total. The lowest BCUT2D eigenvalue weighted by Crippen LogP contribution is -2.45. The summed E-state index contributed by atoms with van der Waals surface area (Å²) >= 11 is 0. The third-order valence-electron chi connectivity index (χ3n) is 8.97. The fourth-order valence-electron chi connectivity index (χ4n) is 6.35. The van der Waals surface area contributed by atoms with Gasteiger partial charge >= 0.3 is 11.9 Å². The van der Waals surface area contributed by atoms with Crippen molar-refractivity contribution in [3.05, 3.63) is 0 Å². The first-order valence-electron chi connectivity index (χ1n) is 15.9. The van der Waals surface area contributed by atoms with Gasteiger partial charge in [-0.3, -0.25) is 9.59 Å². The third-order valence-corrected chi connectivity index (χ3v) is 8.97. The van der Waals surface area contributed by atoms with Crippen molar-refractivity contribution in [3.8, 4) is 0 Å². The highest BCUT2D eigenvalue weighted by Crippen LogP contribution is 2.42. The van der Waals surface area contributed by atoms with Crippen LogP contribution < -0.4 is 0 Å². The van der Waals surface area contributed by atoms with E-state index in [-0.39, 0.29) is 11.6 Å². The van der Waals surface area contributed by atoms with E-state index in [0.29, 0.717) is 38.5 Å². The lowest BCUT2D eigenvalue weighted by atomic mass is 9.70. The van der Waals surface area contributed by atoms with Crippen LogP contribution in [0.5, 0.6) is 0 Å². The Labute approximate surface area is 231 Å². The van der Waals surface area contributed by atoms with Gasteiger partial charge in [0.25, 0.3) is 0 Å². The first-order chi connectivity index (χ1) is 18.4. The van der Waals surface area contributed by atoms with Gasteiger partial charge in [0.1, 0.15) is 22.4 Å². The van der Waals surface area contributed by atoms with E-state index in [1.807, 2.05) is 0 Å². The zero-order valence-electron chi connectivity index (χ0n) is 24.4. The Morgan fingerprint density at radius 1 is 0.474 bits per heavy atom. The summed E-state index contributed by atoms with van der Waals surface area (Å²) in [5, 5.41) is 0. The molecule has 2 saturated carbocycles. The highest BCUT2D eigenvalue weighted by atomic mass is 17.2. The van der Waals surface area contributed by atoms with E-state index in [2.05, 4.69) is 13.8 Å². The fraction of sp³-hybridized carbons (Fsp3) is 0.875. The first kappa shape index (κ1) is 32.5. The van der Waals surface area contributed by atoms with Gasteiger partial charge in [-0.05, 0) is 38.5 Å². The number of ketones is 2. The van der Waals surface area contributed by atoms with E-state index in [1.54, 1.807) is 0 Å². The fourth-order valence-corrected chi connectivity index (χ4v) is 6.35. The smallest absolute Gasteiger partial charge is 0.298 e. The number of carbonyl (C=O) groups excluding carboxylic acids is 4. The van der Waals surface area contributed by atoms with Gasteiger partial charge < -0.3 is 0 Å². The van der Waals surface area contributed by atoms with Gasteiger partial charge in [-0.2, -0.15) is 0 Å². The molecule has 0 N–H and O–H groups in total. The molecule has 0 unspecified atom stereocenters. The van der Waals surface area contributed by atoms with Crippen LogP contribution in [-0.4, -0.2) is 23.5 Å². The summed E-state index contributed by atoms with van der Waals surface area (Å²) in [6.07, 6.45) is 20.4. The maximum absolute atomic E-state index is 13.3. The van der Waals surface area contributed by atoms with Crippen molar-refractivity contribution in [3.63, 3.8) is 0 Å². The van der Waals surface area contributed by atoms with Crippen LogP contribution in [0, 0.1) is 10.8 Å². The van der Waals surface area contributed by atoms with Crippen molar-refractivity contribution in [2.24, 2.45) is 10.8 Å². The molecular weight excluding hydrogens is 480 g/mol. The van der Waals surface area contributed by atoms with Crippen LogP contribution in [0.4, 0.5) is 0 Å². The Morgan fingerprint density at radius 2 is 0.789 bits per heavy atom. The van der Waals surface area contributed by atoms with Crippen molar-refractivity contribution in [1.82, 2.24) is 0 Å². The maximum Gasteiger partial charge on any atom is 0.369 e. The standard InChI is InChI=1S/C32H54O6/c1-3-5-7-9-11-15-21-27(33)31(23-17-13-18-24-31)29(35)37-38-30(36)32(25-19-14-20-26-32)28(34)22-16-12-10-8-6-4-2/h3-26H2,1-2H3. The Bertz CT molecular complexity index is 668. The number of carbonyl (C=O) groups is 4. The van der Waals surface area contributed by atoms with Crippen LogP contribution in [-0.2, 0) is 29.0 Å². The number of Topliss-reactive ketones (excluding diaryl/α,β-unsaturated/α-hetero) is 2. The van der Waals surface area contributed by atoms with Crippen LogP contribution in [0.3, 0.4) is 0 Å². The molecular formula is C32H54O6. The highest BCUT2D eigenvalue weighted by Gasteiger charge is 2.51. The molecule has 2 aliphatic carbocycles. The molecule has 6 heteroatoms. The second-order valence-electron chi connectivity index (χ2n) is 11.9. The summed E-state index contributed by atoms with van der Waals surface area (Å²) in [5.74, 6) is -1.65. The Hall–Kier alpha value is -1.72. The molecule has 0 saturated heterocycles. The van der Waals surface area contributed by atoms with Crippen LogP contribution in [0.2, 0.25) is 0 Å². The number of rotatable bonds is 18. The highest BCUT2D eigenvalue weighted by molar-refractivity contribution is 6.05. The summed E-state index contributed by atoms with van der Waals surface area (Å²) in [6.45, 7) is 4.35. The van der Waals surface area contributed by atoms with Crippen molar-refractivity contribution in [1.29, 1.82) is 0 Å². The molecule has 0 aromatic carbocycles. The molecule has 38 heavy (non-hydrogen) atoms. The van der Waals surface area contributed by atoms with E-state index in [1.165, 1.54) is 38.5 Å². The number of hydrogen-bond acceptors (Lipinski definition) is 6. The van der Waals surface area contributed by atoms with Crippen LogP contribution in [0.25, 0.3) is 0 Å². The van der Waals surface area contributed by atoms with Crippen LogP contribution in [0.15, 0.2) is 0 Å². The second-order valence-corrected chi connectivity index (χ2v) is 11.9. The molecule has 2 aliphatic rings. The number of unbranched alkanes of at least 4 members (excludes halogenated alkanes) is 10.